The third-order valence-electron chi connectivity index (χ3n) is 4.85. The number of nitrogens with zero attached hydrogens (tertiary/aromatic N) is 2. The van der Waals surface area contributed by atoms with E-state index < -0.39 is 0 Å². The van der Waals surface area contributed by atoms with Crippen molar-refractivity contribution in [3.63, 3.8) is 0 Å². The molecule has 1 N–H and O–H groups in total. The summed E-state index contributed by atoms with van der Waals surface area (Å²) in [6, 6.07) is 16.1. The lowest BCUT2D eigenvalue weighted by molar-refractivity contribution is -0.149. The first kappa shape index (κ1) is 18.5. The number of hydrogen-bond donors (Lipinski definition) is 1. The van der Waals surface area contributed by atoms with Crippen molar-refractivity contribution in [3.05, 3.63) is 83.1 Å². The summed E-state index contributed by atoms with van der Waals surface area (Å²) in [5.41, 5.74) is 3.81. The Hall–Kier alpha value is -2.89. The molecule has 2 aromatic carbocycles. The average molecular weight is 395 g/mol. The molecule has 28 heavy (non-hydrogen) atoms. The van der Waals surface area contributed by atoms with Crippen LogP contribution in [0.15, 0.2) is 67.0 Å². The molecule has 5 nitrogen and oxygen atoms in total. The minimum Gasteiger partial charge on any atom is -0.508 e. The predicted molar refractivity (Wildman–Crippen MR) is 107 cm³/mol. The number of aromatic hydroxyl groups is 1. The maximum absolute atomic E-state index is 12.7. The number of rotatable bonds is 4. The number of phenols is 1. The van der Waals surface area contributed by atoms with Crippen molar-refractivity contribution in [3.8, 4) is 16.9 Å². The second-order valence-electron chi connectivity index (χ2n) is 6.69. The zero-order valence-corrected chi connectivity index (χ0v) is 15.8. The quantitative estimate of drug-likeness (QED) is 0.720. The molecule has 142 valence electrons. The Kier molecular flexibility index (Phi) is 5.28. The number of amides is 1. The Balaban J connectivity index is 1.70. The molecule has 1 aromatic heterocycles. The van der Waals surface area contributed by atoms with Crippen molar-refractivity contribution in [1.82, 2.24) is 9.88 Å². The largest absolute Gasteiger partial charge is 0.508 e. The van der Waals surface area contributed by atoms with Crippen molar-refractivity contribution in [2.75, 3.05) is 13.2 Å². The van der Waals surface area contributed by atoms with Crippen LogP contribution in [0.25, 0.3) is 11.1 Å². The highest BCUT2D eigenvalue weighted by atomic mass is 35.5. The van der Waals surface area contributed by atoms with Crippen molar-refractivity contribution in [1.29, 1.82) is 0 Å². The van der Waals surface area contributed by atoms with Crippen LogP contribution in [0.5, 0.6) is 5.75 Å². The van der Waals surface area contributed by atoms with Gasteiger partial charge in [-0.15, -0.1) is 0 Å². The summed E-state index contributed by atoms with van der Waals surface area (Å²) >= 11 is 5.98. The molecule has 0 radical (unpaired) electrons. The average Bonchev–Trinajstić information content (AvgIpc) is 2.72. The van der Waals surface area contributed by atoms with E-state index in [-0.39, 0.29) is 24.3 Å². The zero-order valence-electron chi connectivity index (χ0n) is 15.1. The van der Waals surface area contributed by atoms with Crippen LogP contribution in [0.1, 0.15) is 17.2 Å². The van der Waals surface area contributed by atoms with E-state index in [1.807, 2.05) is 47.4 Å². The fraction of sp³-hybridized carbons (Fsp3) is 0.182. The van der Waals surface area contributed by atoms with Crippen LogP contribution in [0, 0.1) is 0 Å². The third kappa shape index (κ3) is 3.86. The summed E-state index contributed by atoms with van der Waals surface area (Å²) in [6.07, 6.45) is 3.50. The molecule has 0 spiro atoms. The lowest BCUT2D eigenvalue weighted by Crippen LogP contribution is -2.43. The number of pyridine rings is 1. The molecule has 0 saturated carbocycles. The van der Waals surface area contributed by atoms with Crippen molar-refractivity contribution in [2.45, 2.75) is 12.6 Å². The van der Waals surface area contributed by atoms with Crippen LogP contribution in [-0.2, 0) is 16.1 Å². The highest BCUT2D eigenvalue weighted by molar-refractivity contribution is 6.30. The minimum absolute atomic E-state index is 0.0632. The van der Waals surface area contributed by atoms with Crippen LogP contribution in [0.4, 0.5) is 0 Å². The number of aromatic nitrogens is 1. The van der Waals surface area contributed by atoms with Gasteiger partial charge in [0.1, 0.15) is 12.4 Å². The Morgan fingerprint density at radius 3 is 2.61 bits per heavy atom. The highest BCUT2D eigenvalue weighted by Crippen LogP contribution is 2.34. The van der Waals surface area contributed by atoms with Gasteiger partial charge in [-0.25, -0.2) is 0 Å². The third-order valence-corrected chi connectivity index (χ3v) is 5.11. The van der Waals surface area contributed by atoms with E-state index in [1.54, 1.807) is 24.5 Å². The Morgan fingerprint density at radius 2 is 1.86 bits per heavy atom. The molecule has 1 atom stereocenters. The van der Waals surface area contributed by atoms with E-state index in [4.69, 9.17) is 16.3 Å². The molecule has 0 aliphatic carbocycles. The molecule has 1 unspecified atom stereocenters. The van der Waals surface area contributed by atoms with Crippen LogP contribution >= 0.6 is 11.6 Å². The Labute approximate surface area is 168 Å². The van der Waals surface area contributed by atoms with Gasteiger partial charge >= 0.3 is 0 Å². The molecule has 1 saturated heterocycles. The summed E-state index contributed by atoms with van der Waals surface area (Å²) in [6.45, 7) is 0.933. The summed E-state index contributed by atoms with van der Waals surface area (Å²) < 4.78 is 5.57. The van der Waals surface area contributed by atoms with E-state index >= 15 is 0 Å². The lowest BCUT2D eigenvalue weighted by atomic mass is 9.95. The van der Waals surface area contributed by atoms with Crippen LogP contribution in [0.3, 0.4) is 0 Å². The number of phenolic OH excluding ortho intramolecular Hbond substituents is 1. The minimum atomic E-state index is -0.255. The predicted octanol–water partition coefficient (Wildman–Crippen LogP) is 4.21. The van der Waals surface area contributed by atoms with E-state index in [9.17, 15) is 9.90 Å². The van der Waals surface area contributed by atoms with Crippen molar-refractivity contribution < 1.29 is 14.6 Å². The van der Waals surface area contributed by atoms with Gasteiger partial charge in [0.15, 0.2) is 0 Å². The van der Waals surface area contributed by atoms with Gasteiger partial charge in [0, 0.05) is 29.5 Å². The van der Waals surface area contributed by atoms with Crippen molar-refractivity contribution in [2.24, 2.45) is 0 Å². The molecule has 0 bridgehead atoms. The normalized spacial score (nSPS) is 17.0. The summed E-state index contributed by atoms with van der Waals surface area (Å²) in [4.78, 5) is 18.8. The SMILES string of the molecule is O=C1COCC(c2cnccc2-c2ccc(O)cc2)N1Cc1ccc(Cl)cc1. The summed E-state index contributed by atoms with van der Waals surface area (Å²) in [5, 5.41) is 10.2. The molecular formula is C22H19ClN2O3. The van der Waals surface area contributed by atoms with E-state index in [0.717, 1.165) is 22.3 Å². The van der Waals surface area contributed by atoms with E-state index in [0.29, 0.717) is 18.2 Å². The first-order chi connectivity index (χ1) is 13.6. The standard InChI is InChI=1S/C22H19ClN2O3/c23-17-5-1-15(2-6-17)12-25-21(13-28-14-22(25)27)20-11-24-10-9-19(20)16-3-7-18(26)8-4-16/h1-11,21,26H,12-14H2. The van der Waals surface area contributed by atoms with Crippen LogP contribution in [-0.4, -0.2) is 34.1 Å². The molecule has 2 heterocycles. The number of hydrogen-bond acceptors (Lipinski definition) is 4. The molecule has 6 heteroatoms. The first-order valence-corrected chi connectivity index (χ1v) is 9.34. The van der Waals surface area contributed by atoms with Crippen molar-refractivity contribution >= 4 is 17.5 Å². The lowest BCUT2D eigenvalue weighted by Gasteiger charge is -2.36. The topological polar surface area (TPSA) is 62.7 Å². The second-order valence-corrected chi connectivity index (χ2v) is 7.13. The molecule has 1 fully saturated rings. The molecule has 1 amide bonds. The highest BCUT2D eigenvalue weighted by Gasteiger charge is 2.31. The molecule has 3 aromatic rings. The molecule has 1 aliphatic rings. The second kappa shape index (κ2) is 8.00. The first-order valence-electron chi connectivity index (χ1n) is 8.97. The number of carbonyl (C=O) groups excluding carboxylic acids is 1. The summed E-state index contributed by atoms with van der Waals surface area (Å²) in [5.74, 6) is 0.145. The molecule has 4 rings (SSSR count). The fourth-order valence-corrected chi connectivity index (χ4v) is 3.55. The van der Waals surface area contributed by atoms with Crippen LogP contribution in [0.2, 0.25) is 5.02 Å². The van der Waals surface area contributed by atoms with E-state index in [1.165, 1.54) is 0 Å². The number of benzene rings is 2. The van der Waals surface area contributed by atoms with Gasteiger partial charge in [0.2, 0.25) is 5.91 Å². The van der Waals surface area contributed by atoms with Gasteiger partial charge < -0.3 is 14.7 Å². The van der Waals surface area contributed by atoms with Gasteiger partial charge in [-0.1, -0.05) is 35.9 Å². The maximum Gasteiger partial charge on any atom is 0.249 e. The number of halogens is 1. The van der Waals surface area contributed by atoms with Crippen LogP contribution < -0.4 is 0 Å². The van der Waals surface area contributed by atoms with Gasteiger partial charge in [-0.3, -0.25) is 9.78 Å². The van der Waals surface area contributed by atoms with Gasteiger partial charge in [-0.05, 0) is 47.0 Å². The van der Waals surface area contributed by atoms with Gasteiger partial charge in [0.25, 0.3) is 0 Å². The van der Waals surface area contributed by atoms with Gasteiger partial charge in [0.05, 0.1) is 12.6 Å². The Morgan fingerprint density at radius 1 is 1.11 bits per heavy atom. The smallest absolute Gasteiger partial charge is 0.249 e. The molecular weight excluding hydrogens is 376 g/mol. The fourth-order valence-electron chi connectivity index (χ4n) is 3.42. The zero-order chi connectivity index (χ0) is 19.5. The van der Waals surface area contributed by atoms with E-state index in [2.05, 4.69) is 4.98 Å². The summed E-state index contributed by atoms with van der Waals surface area (Å²) in [7, 11) is 0. The maximum atomic E-state index is 12.7. The number of ether oxygens (including phenoxy) is 1. The monoisotopic (exact) mass is 394 g/mol. The number of morpholine rings is 1. The molecule has 1 aliphatic heterocycles. The Bertz CT molecular complexity index is 974. The number of carbonyl (C=O) groups is 1. The van der Waals surface area contributed by atoms with Gasteiger partial charge in [-0.2, -0.15) is 0 Å².